The summed E-state index contributed by atoms with van der Waals surface area (Å²) in [5.74, 6) is 4.86. The van der Waals surface area contributed by atoms with Crippen LogP contribution < -0.4 is 11.3 Å². The van der Waals surface area contributed by atoms with Crippen molar-refractivity contribution in [2.75, 3.05) is 0 Å². The van der Waals surface area contributed by atoms with Crippen molar-refractivity contribution in [3.8, 4) is 0 Å². The first kappa shape index (κ1) is 22.6. The molecule has 0 aliphatic heterocycles. The molecule has 0 saturated carbocycles. The van der Waals surface area contributed by atoms with E-state index in [0.29, 0.717) is 12.8 Å². The topological polar surface area (TPSA) is 92.5 Å². The number of amides is 1. The minimum Gasteiger partial charge on any atom is -0.289 e. The largest absolute Gasteiger partial charge is 0.289 e. The van der Waals surface area contributed by atoms with E-state index in [1.165, 1.54) is 16.4 Å². The number of benzene rings is 2. The van der Waals surface area contributed by atoms with Crippen LogP contribution in [-0.2, 0) is 21.4 Å². The van der Waals surface area contributed by atoms with Gasteiger partial charge in [0.05, 0.1) is 11.4 Å². The van der Waals surface area contributed by atoms with E-state index < -0.39 is 15.9 Å². The molecule has 0 spiro atoms. The van der Waals surface area contributed by atoms with Gasteiger partial charge in [-0.25, -0.2) is 14.3 Å². The van der Waals surface area contributed by atoms with Crippen molar-refractivity contribution < 1.29 is 13.2 Å². The lowest BCUT2D eigenvalue weighted by Gasteiger charge is -2.28. The summed E-state index contributed by atoms with van der Waals surface area (Å²) in [4.78, 5) is 12.9. The van der Waals surface area contributed by atoms with Crippen molar-refractivity contribution in [1.29, 1.82) is 0 Å². The van der Waals surface area contributed by atoms with Gasteiger partial charge in [-0.1, -0.05) is 75.2 Å². The van der Waals surface area contributed by atoms with Crippen molar-refractivity contribution >= 4 is 15.9 Å². The van der Waals surface area contributed by atoms with Gasteiger partial charge in [0.15, 0.2) is 0 Å². The molecule has 0 aliphatic rings. The Morgan fingerprint density at radius 2 is 1.45 bits per heavy atom. The number of carbonyl (C=O) groups is 1. The summed E-state index contributed by atoms with van der Waals surface area (Å²) in [6, 6.07) is 17.4. The molecule has 0 bridgehead atoms. The van der Waals surface area contributed by atoms with Crippen LogP contribution in [0.3, 0.4) is 0 Å². The molecule has 6 nitrogen and oxygen atoms in total. The summed E-state index contributed by atoms with van der Waals surface area (Å²) in [6.45, 7) is 4.04. The SMILES string of the molecule is CCCC(CCC)=C(C(=O)NN)N(Cc1ccccc1)S(=O)(=O)c1ccccc1. The molecular weight excluding hydrogens is 386 g/mol. The third-order valence-corrected chi connectivity index (χ3v) is 6.29. The number of nitrogens with one attached hydrogen (secondary N) is 1. The van der Waals surface area contributed by atoms with E-state index in [0.717, 1.165) is 24.0 Å². The van der Waals surface area contributed by atoms with Crippen LogP contribution in [0, 0.1) is 0 Å². The average Bonchev–Trinajstić information content (AvgIpc) is 2.74. The van der Waals surface area contributed by atoms with E-state index in [1.807, 2.05) is 44.2 Å². The summed E-state index contributed by atoms with van der Waals surface area (Å²) in [6.07, 6.45) is 2.82. The summed E-state index contributed by atoms with van der Waals surface area (Å²) in [5.41, 5.74) is 3.83. The number of carbonyl (C=O) groups excluding carboxylic acids is 1. The minimum atomic E-state index is -3.98. The second-order valence-electron chi connectivity index (χ2n) is 6.74. The average molecular weight is 416 g/mol. The first-order chi connectivity index (χ1) is 14.0. The van der Waals surface area contributed by atoms with Crippen molar-refractivity contribution in [1.82, 2.24) is 9.73 Å². The normalized spacial score (nSPS) is 11.0. The van der Waals surface area contributed by atoms with Gasteiger partial charge in [-0.15, -0.1) is 0 Å². The Labute approximate surface area is 173 Å². The van der Waals surface area contributed by atoms with Gasteiger partial charge in [-0.2, -0.15) is 0 Å². The van der Waals surface area contributed by atoms with Crippen LogP contribution in [0.25, 0.3) is 0 Å². The van der Waals surface area contributed by atoms with Crippen LogP contribution in [0.1, 0.15) is 45.1 Å². The number of hydrogen-bond donors (Lipinski definition) is 2. The van der Waals surface area contributed by atoms with E-state index >= 15 is 0 Å². The van der Waals surface area contributed by atoms with Crippen molar-refractivity contribution in [2.24, 2.45) is 5.84 Å². The van der Waals surface area contributed by atoms with Crippen LogP contribution in [0.2, 0.25) is 0 Å². The number of hydrogen-bond acceptors (Lipinski definition) is 4. The number of nitrogens with two attached hydrogens (primary N) is 1. The van der Waals surface area contributed by atoms with Gasteiger partial charge < -0.3 is 0 Å². The zero-order valence-corrected chi connectivity index (χ0v) is 17.8. The molecule has 0 heterocycles. The fourth-order valence-corrected chi connectivity index (χ4v) is 4.76. The first-order valence-electron chi connectivity index (χ1n) is 9.80. The predicted molar refractivity (Wildman–Crippen MR) is 115 cm³/mol. The summed E-state index contributed by atoms with van der Waals surface area (Å²) in [7, 11) is -3.98. The highest BCUT2D eigenvalue weighted by atomic mass is 32.2. The Bertz CT molecular complexity index is 918. The lowest BCUT2D eigenvalue weighted by Crippen LogP contribution is -2.41. The van der Waals surface area contributed by atoms with Crippen LogP contribution in [-0.4, -0.2) is 18.6 Å². The Balaban J connectivity index is 2.71. The van der Waals surface area contributed by atoms with Crippen molar-refractivity contribution in [3.63, 3.8) is 0 Å². The summed E-state index contributed by atoms with van der Waals surface area (Å²) < 4.78 is 28.4. The third kappa shape index (κ3) is 5.68. The standard InChI is InChI=1S/C22H29N3O3S/c1-3-11-19(12-4-2)21(22(26)24-23)25(17-18-13-7-5-8-14-18)29(27,28)20-15-9-6-10-16-20/h5-10,13-16H,3-4,11-12,17,23H2,1-2H3,(H,24,26). The third-order valence-electron chi connectivity index (χ3n) is 4.53. The van der Waals surface area contributed by atoms with E-state index in [4.69, 9.17) is 5.84 Å². The van der Waals surface area contributed by atoms with Gasteiger partial charge >= 0.3 is 0 Å². The highest BCUT2D eigenvalue weighted by Crippen LogP contribution is 2.28. The maximum absolute atomic E-state index is 13.6. The fourth-order valence-electron chi connectivity index (χ4n) is 3.24. The number of nitrogens with zero attached hydrogens (tertiary/aromatic N) is 1. The summed E-state index contributed by atoms with van der Waals surface area (Å²) >= 11 is 0. The van der Waals surface area contributed by atoms with Crippen LogP contribution in [0.5, 0.6) is 0 Å². The second kappa shape index (κ2) is 10.8. The lowest BCUT2D eigenvalue weighted by atomic mass is 10.0. The fraction of sp³-hybridized carbons (Fsp3) is 0.318. The quantitative estimate of drug-likeness (QED) is 0.268. The Kier molecular flexibility index (Phi) is 8.42. The predicted octanol–water partition coefficient (Wildman–Crippen LogP) is 3.72. The molecule has 0 radical (unpaired) electrons. The van der Waals surface area contributed by atoms with Crippen LogP contribution in [0.15, 0.2) is 76.8 Å². The lowest BCUT2D eigenvalue weighted by molar-refractivity contribution is -0.118. The highest BCUT2D eigenvalue weighted by molar-refractivity contribution is 7.89. The zero-order chi connectivity index (χ0) is 21.3. The maximum atomic E-state index is 13.6. The molecule has 0 atom stereocenters. The number of hydrazine groups is 1. The molecule has 156 valence electrons. The molecule has 0 fully saturated rings. The van der Waals surface area contributed by atoms with Crippen molar-refractivity contribution in [3.05, 3.63) is 77.5 Å². The van der Waals surface area contributed by atoms with Crippen molar-refractivity contribution in [2.45, 2.75) is 51.0 Å². The zero-order valence-electron chi connectivity index (χ0n) is 17.0. The van der Waals surface area contributed by atoms with Gasteiger partial charge in [0.1, 0.15) is 5.70 Å². The Morgan fingerprint density at radius 1 is 0.931 bits per heavy atom. The van der Waals surface area contributed by atoms with Gasteiger partial charge in [0.2, 0.25) is 0 Å². The molecule has 0 aromatic heterocycles. The maximum Gasteiger partial charge on any atom is 0.282 e. The monoisotopic (exact) mass is 415 g/mol. The smallest absolute Gasteiger partial charge is 0.282 e. The first-order valence-corrected chi connectivity index (χ1v) is 11.2. The molecule has 3 N–H and O–H groups in total. The molecule has 0 aliphatic carbocycles. The molecule has 0 unspecified atom stereocenters. The molecule has 2 aromatic carbocycles. The molecule has 2 aromatic rings. The van der Waals surface area contributed by atoms with E-state index in [2.05, 4.69) is 5.43 Å². The van der Waals surface area contributed by atoms with E-state index in [-0.39, 0.29) is 17.1 Å². The van der Waals surface area contributed by atoms with E-state index in [1.54, 1.807) is 18.2 Å². The van der Waals surface area contributed by atoms with E-state index in [9.17, 15) is 13.2 Å². The second-order valence-corrected chi connectivity index (χ2v) is 8.60. The minimum absolute atomic E-state index is 0.0394. The van der Waals surface area contributed by atoms with Crippen LogP contribution >= 0.6 is 0 Å². The number of sulfonamides is 1. The highest BCUT2D eigenvalue weighted by Gasteiger charge is 2.32. The Hall–Kier alpha value is -2.64. The van der Waals surface area contributed by atoms with Crippen LogP contribution in [0.4, 0.5) is 0 Å². The number of allylic oxidation sites excluding steroid dienone is 1. The Morgan fingerprint density at radius 3 is 1.93 bits per heavy atom. The molecule has 2 rings (SSSR count). The molecule has 1 amide bonds. The van der Waals surface area contributed by atoms with Gasteiger partial charge in [-0.05, 0) is 36.1 Å². The number of rotatable bonds is 10. The molecule has 0 saturated heterocycles. The summed E-state index contributed by atoms with van der Waals surface area (Å²) in [5, 5.41) is 0. The molecular formula is C22H29N3O3S. The molecule has 29 heavy (non-hydrogen) atoms. The van der Waals surface area contributed by atoms with Gasteiger partial charge in [0.25, 0.3) is 15.9 Å². The van der Waals surface area contributed by atoms with Gasteiger partial charge in [-0.3, -0.25) is 14.5 Å². The van der Waals surface area contributed by atoms with Gasteiger partial charge in [0, 0.05) is 0 Å². The molecule has 7 heteroatoms.